The first-order valence-electron chi connectivity index (χ1n) is 6.01. The third-order valence-electron chi connectivity index (χ3n) is 2.87. The van der Waals surface area contributed by atoms with Crippen LogP contribution in [0, 0.1) is 6.92 Å². The second-order valence-corrected chi connectivity index (χ2v) is 7.40. The van der Waals surface area contributed by atoms with Gasteiger partial charge in [0.2, 0.25) is 0 Å². The fraction of sp³-hybridized carbons (Fsp3) is 0.143. The number of carbonyl (C=O) groups excluding carboxylic acids is 1. The zero-order valence-corrected chi connectivity index (χ0v) is 13.8. The standard InChI is InChI=1S/C14H13BrN2O3S/c1-9-3-4-11(21(2,19)20)8-12(9)17-14(18)10-5-6-16-13(15)7-10/h3-8H,1-2H3,(H,17,18). The highest BCUT2D eigenvalue weighted by atomic mass is 79.9. The maximum atomic E-state index is 12.2. The van der Waals surface area contributed by atoms with E-state index in [1.54, 1.807) is 25.1 Å². The van der Waals surface area contributed by atoms with Gasteiger partial charge in [-0.1, -0.05) is 6.07 Å². The fourth-order valence-electron chi connectivity index (χ4n) is 1.70. The number of aromatic nitrogens is 1. The zero-order chi connectivity index (χ0) is 15.6. The summed E-state index contributed by atoms with van der Waals surface area (Å²) in [6, 6.07) is 7.80. The number of hydrogen-bond acceptors (Lipinski definition) is 4. The van der Waals surface area contributed by atoms with E-state index >= 15 is 0 Å². The predicted molar refractivity (Wildman–Crippen MR) is 84.2 cm³/mol. The van der Waals surface area contributed by atoms with E-state index in [4.69, 9.17) is 0 Å². The van der Waals surface area contributed by atoms with Crippen LogP contribution in [0.25, 0.3) is 0 Å². The summed E-state index contributed by atoms with van der Waals surface area (Å²) in [7, 11) is -3.32. The molecule has 0 aliphatic carbocycles. The highest BCUT2D eigenvalue weighted by Gasteiger charge is 2.12. The van der Waals surface area contributed by atoms with Crippen LogP contribution in [0.1, 0.15) is 15.9 Å². The third-order valence-corrected chi connectivity index (χ3v) is 4.42. The predicted octanol–water partition coefficient (Wildman–Crippen LogP) is 2.81. The molecule has 0 unspecified atom stereocenters. The summed E-state index contributed by atoms with van der Waals surface area (Å²) >= 11 is 3.20. The van der Waals surface area contributed by atoms with Gasteiger partial charge in [-0.3, -0.25) is 4.79 Å². The Morgan fingerprint density at radius 1 is 1.24 bits per heavy atom. The highest BCUT2D eigenvalue weighted by Crippen LogP contribution is 2.21. The van der Waals surface area contributed by atoms with E-state index in [1.807, 2.05) is 0 Å². The zero-order valence-electron chi connectivity index (χ0n) is 11.4. The molecular formula is C14H13BrN2O3S. The van der Waals surface area contributed by atoms with Gasteiger partial charge >= 0.3 is 0 Å². The molecule has 1 aromatic carbocycles. The average molecular weight is 369 g/mol. The van der Waals surface area contributed by atoms with Gasteiger partial charge in [0.1, 0.15) is 4.60 Å². The van der Waals surface area contributed by atoms with Crippen molar-refractivity contribution in [3.63, 3.8) is 0 Å². The molecule has 2 rings (SSSR count). The van der Waals surface area contributed by atoms with Crippen molar-refractivity contribution in [2.24, 2.45) is 0 Å². The van der Waals surface area contributed by atoms with Gasteiger partial charge < -0.3 is 5.32 Å². The van der Waals surface area contributed by atoms with E-state index in [1.165, 1.54) is 18.3 Å². The molecule has 110 valence electrons. The van der Waals surface area contributed by atoms with Crippen molar-refractivity contribution in [3.8, 4) is 0 Å². The maximum Gasteiger partial charge on any atom is 0.255 e. The summed E-state index contributed by atoms with van der Waals surface area (Å²) in [5.41, 5.74) is 1.68. The van der Waals surface area contributed by atoms with Crippen molar-refractivity contribution < 1.29 is 13.2 Å². The normalized spacial score (nSPS) is 11.2. The molecule has 0 spiro atoms. The van der Waals surface area contributed by atoms with Crippen LogP contribution in [0.2, 0.25) is 0 Å². The van der Waals surface area contributed by atoms with Gasteiger partial charge in [-0.15, -0.1) is 0 Å². The molecule has 1 amide bonds. The lowest BCUT2D eigenvalue weighted by molar-refractivity contribution is 0.102. The van der Waals surface area contributed by atoms with Crippen LogP contribution in [0.3, 0.4) is 0 Å². The molecule has 1 aromatic heterocycles. The van der Waals surface area contributed by atoms with Gasteiger partial charge in [0, 0.05) is 23.7 Å². The Bertz CT molecular complexity index is 804. The Morgan fingerprint density at radius 3 is 2.57 bits per heavy atom. The second-order valence-electron chi connectivity index (χ2n) is 4.57. The maximum absolute atomic E-state index is 12.2. The summed E-state index contributed by atoms with van der Waals surface area (Å²) in [4.78, 5) is 16.3. The van der Waals surface area contributed by atoms with Crippen molar-refractivity contribution in [2.75, 3.05) is 11.6 Å². The number of sulfone groups is 1. The molecule has 5 nitrogen and oxygen atoms in total. The van der Waals surface area contributed by atoms with E-state index in [0.717, 1.165) is 11.8 Å². The van der Waals surface area contributed by atoms with Crippen molar-refractivity contribution in [1.82, 2.24) is 4.98 Å². The Hall–Kier alpha value is -1.73. The Kier molecular flexibility index (Phi) is 4.43. The number of halogens is 1. The van der Waals surface area contributed by atoms with Crippen LogP contribution in [0.15, 0.2) is 46.0 Å². The first-order chi connectivity index (χ1) is 9.77. The van der Waals surface area contributed by atoms with Crippen molar-refractivity contribution in [3.05, 3.63) is 52.3 Å². The van der Waals surface area contributed by atoms with E-state index < -0.39 is 9.84 Å². The van der Waals surface area contributed by atoms with Gasteiger partial charge in [-0.2, -0.15) is 0 Å². The lowest BCUT2D eigenvalue weighted by atomic mass is 10.2. The molecule has 2 aromatic rings. The van der Waals surface area contributed by atoms with Gasteiger partial charge in [0.05, 0.1) is 4.90 Å². The van der Waals surface area contributed by atoms with Gasteiger partial charge in [0.15, 0.2) is 9.84 Å². The van der Waals surface area contributed by atoms with Crippen LogP contribution in [0.4, 0.5) is 5.69 Å². The number of pyridine rings is 1. The molecule has 0 fully saturated rings. The number of amides is 1. The third kappa shape index (κ3) is 3.89. The molecule has 21 heavy (non-hydrogen) atoms. The second kappa shape index (κ2) is 5.95. The molecular weight excluding hydrogens is 356 g/mol. The van der Waals surface area contributed by atoms with Crippen LogP contribution in [-0.4, -0.2) is 25.6 Å². The molecule has 1 N–H and O–H groups in total. The van der Waals surface area contributed by atoms with Gasteiger partial charge in [0.25, 0.3) is 5.91 Å². The van der Waals surface area contributed by atoms with Crippen molar-refractivity contribution in [1.29, 1.82) is 0 Å². The molecule has 1 heterocycles. The topological polar surface area (TPSA) is 76.1 Å². The fourth-order valence-corrected chi connectivity index (χ4v) is 2.72. The minimum absolute atomic E-state index is 0.166. The quantitative estimate of drug-likeness (QED) is 0.845. The largest absolute Gasteiger partial charge is 0.322 e. The first-order valence-corrected chi connectivity index (χ1v) is 8.69. The van der Waals surface area contributed by atoms with E-state index in [0.29, 0.717) is 15.9 Å². The number of rotatable bonds is 3. The summed E-state index contributed by atoms with van der Waals surface area (Å²) in [5, 5.41) is 2.71. The minimum Gasteiger partial charge on any atom is -0.322 e. The molecule has 7 heteroatoms. The first kappa shape index (κ1) is 15.7. The Labute approximate surface area is 131 Å². The highest BCUT2D eigenvalue weighted by molar-refractivity contribution is 9.10. The molecule has 0 saturated heterocycles. The summed E-state index contributed by atoms with van der Waals surface area (Å²) < 4.78 is 23.7. The molecule has 0 radical (unpaired) electrons. The van der Waals surface area contributed by atoms with Gasteiger partial charge in [-0.25, -0.2) is 13.4 Å². The van der Waals surface area contributed by atoms with E-state index in [9.17, 15) is 13.2 Å². The minimum atomic E-state index is -3.32. The molecule has 0 aliphatic heterocycles. The number of hydrogen-bond donors (Lipinski definition) is 1. The lowest BCUT2D eigenvalue weighted by Crippen LogP contribution is -2.13. The average Bonchev–Trinajstić information content (AvgIpc) is 2.40. The number of anilines is 1. The van der Waals surface area contributed by atoms with Crippen molar-refractivity contribution >= 4 is 37.4 Å². The molecule has 0 saturated carbocycles. The molecule has 0 aliphatic rings. The summed E-state index contributed by atoms with van der Waals surface area (Å²) in [5.74, 6) is -0.327. The Balaban J connectivity index is 2.33. The number of benzene rings is 1. The Morgan fingerprint density at radius 2 is 1.95 bits per heavy atom. The van der Waals surface area contributed by atoms with E-state index in [-0.39, 0.29) is 10.8 Å². The smallest absolute Gasteiger partial charge is 0.255 e. The number of carbonyl (C=O) groups is 1. The summed E-state index contributed by atoms with van der Waals surface area (Å²) in [6.07, 6.45) is 2.64. The molecule has 0 bridgehead atoms. The lowest BCUT2D eigenvalue weighted by Gasteiger charge is -2.10. The van der Waals surface area contributed by atoms with Crippen LogP contribution in [0.5, 0.6) is 0 Å². The van der Waals surface area contributed by atoms with E-state index in [2.05, 4.69) is 26.2 Å². The summed E-state index contributed by atoms with van der Waals surface area (Å²) in [6.45, 7) is 1.80. The van der Waals surface area contributed by atoms with Crippen LogP contribution >= 0.6 is 15.9 Å². The molecule has 0 atom stereocenters. The van der Waals surface area contributed by atoms with Crippen LogP contribution in [-0.2, 0) is 9.84 Å². The number of nitrogens with one attached hydrogen (secondary N) is 1. The number of aryl methyl sites for hydroxylation is 1. The van der Waals surface area contributed by atoms with Crippen molar-refractivity contribution in [2.45, 2.75) is 11.8 Å². The SMILES string of the molecule is Cc1ccc(S(C)(=O)=O)cc1NC(=O)c1ccnc(Br)c1. The monoisotopic (exact) mass is 368 g/mol. The van der Waals surface area contributed by atoms with Crippen LogP contribution < -0.4 is 5.32 Å². The number of nitrogens with zero attached hydrogens (tertiary/aromatic N) is 1. The van der Waals surface area contributed by atoms with Gasteiger partial charge in [-0.05, 0) is 52.7 Å².